The Labute approximate surface area is 440 Å². The lowest BCUT2D eigenvalue weighted by Gasteiger charge is -2.16. The number of hydrogen-bond acceptors (Lipinski definition) is 19. The molecule has 3 aromatic carbocycles. The molecule has 1 aliphatic rings. The van der Waals surface area contributed by atoms with Crippen LogP contribution < -0.4 is 43.6 Å². The van der Waals surface area contributed by atoms with Crippen LogP contribution in [0.4, 0.5) is 42.9 Å². The zero-order valence-electron chi connectivity index (χ0n) is 38.4. The molecular formula is C43H42ClF2I2N11O14. The number of nitrogens with two attached hydrogens (primary N) is 1. The summed E-state index contributed by atoms with van der Waals surface area (Å²) in [5.74, 6) is 3.37. The lowest BCUT2D eigenvalue weighted by Crippen LogP contribution is -2.34. The molecule has 0 bridgehead atoms. The number of aromatic nitrogens is 6. The molecule has 0 saturated carbocycles. The molecule has 0 amide bonds. The van der Waals surface area contributed by atoms with Crippen LogP contribution in [0.1, 0.15) is 13.8 Å². The van der Waals surface area contributed by atoms with Crippen molar-refractivity contribution in [2.75, 3.05) is 37.1 Å². The summed E-state index contributed by atoms with van der Waals surface area (Å²) < 4.78 is 43.4. The number of anilines is 4. The first kappa shape index (κ1) is 57.3. The lowest BCUT2D eigenvalue weighted by molar-refractivity contribution is -0.394. The molecule has 25 nitrogen and oxygen atoms in total. The average molecular weight is 1260 g/mol. The fourth-order valence-electron chi connectivity index (χ4n) is 6.29. The average Bonchev–Trinajstić information content (AvgIpc) is 3.68. The van der Waals surface area contributed by atoms with Crippen molar-refractivity contribution in [1.82, 2.24) is 28.8 Å². The second-order valence-electron chi connectivity index (χ2n) is 15.5. The third-order valence-corrected chi connectivity index (χ3v) is 11.5. The minimum atomic E-state index is -1.18. The van der Waals surface area contributed by atoms with Crippen LogP contribution in [0.15, 0.2) is 98.6 Å². The van der Waals surface area contributed by atoms with Crippen LogP contribution in [0.25, 0.3) is 22.1 Å². The second kappa shape index (κ2) is 25.4. The molecule has 73 heavy (non-hydrogen) atoms. The monoisotopic (exact) mass is 1260 g/mol. The van der Waals surface area contributed by atoms with E-state index in [4.69, 9.17) is 36.9 Å². The van der Waals surface area contributed by atoms with Gasteiger partial charge in [0.1, 0.15) is 52.6 Å². The molecule has 1 fully saturated rings. The van der Waals surface area contributed by atoms with E-state index in [-0.39, 0.29) is 73.8 Å². The number of hydrogen-bond donors (Lipinski definition) is 6. The Balaban J connectivity index is 0.000000194. The summed E-state index contributed by atoms with van der Waals surface area (Å²) in [6, 6.07) is 14.6. The van der Waals surface area contributed by atoms with Gasteiger partial charge < -0.3 is 45.0 Å². The van der Waals surface area contributed by atoms with Crippen molar-refractivity contribution >= 4 is 113 Å². The van der Waals surface area contributed by atoms with Crippen LogP contribution in [-0.4, -0.2) is 93.3 Å². The Kier molecular flexibility index (Phi) is 19.9. The molecule has 0 aliphatic carbocycles. The van der Waals surface area contributed by atoms with Gasteiger partial charge in [0.15, 0.2) is 17.1 Å². The lowest BCUT2D eigenvalue weighted by atomic mass is 10.2. The summed E-state index contributed by atoms with van der Waals surface area (Å²) >= 11 is 9.39. The number of aliphatic hydroxyl groups is 2. The molecule has 7 aromatic rings. The normalized spacial score (nSPS) is 13.9. The van der Waals surface area contributed by atoms with E-state index in [1.807, 2.05) is 59.0 Å². The number of fused-ring (bicyclic) bond motifs is 2. The van der Waals surface area contributed by atoms with Crippen molar-refractivity contribution in [1.29, 1.82) is 0 Å². The molecular weight excluding hydrogens is 1220 g/mol. The predicted molar refractivity (Wildman–Crippen MR) is 278 cm³/mol. The number of nitro benzene ring substituents is 2. The third-order valence-electron chi connectivity index (χ3n) is 9.83. The number of nitrogens with one attached hydrogen (secondary N) is 3. The van der Waals surface area contributed by atoms with Crippen molar-refractivity contribution in [2.24, 2.45) is 20.0 Å². The van der Waals surface area contributed by atoms with E-state index >= 15 is 0 Å². The maximum absolute atomic E-state index is 14.2. The molecule has 7 N–H and O–H groups in total. The van der Waals surface area contributed by atoms with Gasteiger partial charge in [0.05, 0.1) is 64.8 Å². The summed E-state index contributed by atoms with van der Waals surface area (Å²) in [6.45, 7) is 3.80. The highest BCUT2D eigenvalue weighted by Gasteiger charge is 2.32. The summed E-state index contributed by atoms with van der Waals surface area (Å²) in [5.41, 5.74) is -1.83. The Hall–Kier alpha value is -6.59. The van der Waals surface area contributed by atoms with Gasteiger partial charge in [0.25, 0.3) is 33.6 Å². The summed E-state index contributed by atoms with van der Waals surface area (Å²) in [5, 5.41) is 44.4. The van der Waals surface area contributed by atoms with Crippen LogP contribution >= 0.6 is 56.8 Å². The van der Waals surface area contributed by atoms with E-state index < -0.39 is 62.3 Å². The van der Waals surface area contributed by atoms with Gasteiger partial charge in [-0.3, -0.25) is 48.5 Å². The minimum Gasteiger partial charge on any atom is -0.406 e. The Bertz CT molecular complexity index is 3420. The van der Waals surface area contributed by atoms with Crippen LogP contribution in [0.5, 0.6) is 0 Å². The van der Waals surface area contributed by atoms with Crippen LogP contribution in [0.3, 0.4) is 0 Å². The largest absolute Gasteiger partial charge is 0.406 e. The van der Waals surface area contributed by atoms with E-state index in [0.29, 0.717) is 16.8 Å². The van der Waals surface area contributed by atoms with Gasteiger partial charge in [0, 0.05) is 39.4 Å². The number of non-ortho nitro benzene ring substituents is 1. The second-order valence-corrected chi connectivity index (χ2v) is 18.4. The van der Waals surface area contributed by atoms with Crippen LogP contribution in [-0.2, 0) is 28.4 Å². The van der Waals surface area contributed by atoms with Gasteiger partial charge in [-0.2, -0.15) is 0 Å². The van der Waals surface area contributed by atoms with E-state index in [1.54, 1.807) is 18.2 Å². The van der Waals surface area contributed by atoms with Crippen molar-refractivity contribution in [3.63, 3.8) is 0 Å². The summed E-state index contributed by atoms with van der Waals surface area (Å²) in [4.78, 5) is 88.2. The molecule has 2 atom stereocenters. The first-order valence-electron chi connectivity index (χ1n) is 20.7. The number of aryl methyl sites for hydroxylation is 2. The number of nitrogens with zero attached hydrogens (tertiary/aromatic N) is 7. The van der Waals surface area contributed by atoms with Gasteiger partial charge >= 0.3 is 0 Å². The number of H-pyrrole nitrogens is 1. The molecule has 30 heteroatoms. The fourth-order valence-corrected chi connectivity index (χ4v) is 7.38. The van der Waals surface area contributed by atoms with Crippen molar-refractivity contribution in [3.05, 3.63) is 165 Å². The van der Waals surface area contributed by atoms with E-state index in [0.717, 1.165) is 38.9 Å². The Morgan fingerprint density at radius 3 is 1.95 bits per heavy atom. The third kappa shape index (κ3) is 15.0. The van der Waals surface area contributed by atoms with E-state index in [1.165, 1.54) is 53.8 Å². The quantitative estimate of drug-likeness (QED) is 0.0550. The first-order chi connectivity index (χ1) is 34.4. The highest BCUT2D eigenvalue weighted by atomic mass is 127. The van der Waals surface area contributed by atoms with E-state index in [2.05, 4.69) is 30.4 Å². The van der Waals surface area contributed by atoms with Gasteiger partial charge in [-0.1, -0.05) is 11.6 Å². The number of pyridine rings is 2. The SMILES string of the molecule is CC1(C)OC[C@H](CON)O1.Cn1c(=O)cc(Nc2ccc(I)cc2F)c2c(=O)[nH]cnc21.Cn1c(=O)cc(Nc2ccc(I)cc2F)c2c(=O)n(OC[C@H](O)CO)cnc21.O=[N+]([O-])c1ccc(Cl)c([N+](=O)[O-])c1. The number of nitro groups is 2. The standard InChI is InChI=1S/C17H16FIN4O5.C14H10FIN4O2.C6H3ClN2O4.C6H13NO3/c1-22-14(26)5-13(21-12-3-2-9(19)4-11(12)18)15-16(22)20-8-23(17(15)27)28-7-10(25)6-24;1-20-11(21)5-10(12-13(20)17-6-18-14(12)22)19-9-3-2-7(16)4-8(9)15;7-5-2-1-4(8(10)11)3-6(5)9(12)13;1-6(2)8-3-5(10-6)4-9-7/h2-5,8,10,21,24-25H,6-7H2,1H3;2-6,19H,1H3,(H,17,18,22);1-3H;5H,3-4,7H2,1-2H3/t10-;;;5-/m1..1/s1. The van der Waals surface area contributed by atoms with Gasteiger partial charge in [-0.25, -0.2) is 24.6 Å². The smallest absolute Gasteiger partial charge is 0.297 e. The number of halogens is 5. The highest BCUT2D eigenvalue weighted by molar-refractivity contribution is 14.1. The molecule has 388 valence electrons. The van der Waals surface area contributed by atoms with Gasteiger partial charge in [0.2, 0.25) is 0 Å². The van der Waals surface area contributed by atoms with E-state index in [9.17, 15) is 53.3 Å². The van der Waals surface area contributed by atoms with Crippen molar-refractivity contribution in [3.8, 4) is 0 Å². The van der Waals surface area contributed by atoms with Crippen LogP contribution in [0, 0.1) is 39.0 Å². The zero-order valence-corrected chi connectivity index (χ0v) is 43.5. The van der Waals surface area contributed by atoms with Crippen LogP contribution in [0.2, 0.25) is 5.02 Å². The molecule has 4 aromatic heterocycles. The number of rotatable bonds is 12. The van der Waals surface area contributed by atoms with Crippen molar-refractivity contribution < 1.29 is 48.0 Å². The number of aliphatic hydroxyl groups excluding tert-OH is 2. The number of ether oxygens (including phenoxy) is 2. The van der Waals surface area contributed by atoms with Crippen molar-refractivity contribution in [2.45, 2.75) is 31.8 Å². The van der Waals surface area contributed by atoms with Gasteiger partial charge in [-0.05, 0) is 101 Å². The Morgan fingerprint density at radius 1 is 0.890 bits per heavy atom. The molecule has 1 saturated heterocycles. The topological polar surface area (TPSA) is 338 Å². The molecule has 1 aliphatic heterocycles. The first-order valence-corrected chi connectivity index (χ1v) is 23.3. The predicted octanol–water partition coefficient (Wildman–Crippen LogP) is 4.66. The fraction of sp³-hybridized carbons (Fsp3) is 0.256. The number of aromatic amines is 1. The summed E-state index contributed by atoms with van der Waals surface area (Å²) in [7, 11) is 2.97. The number of benzene rings is 3. The summed E-state index contributed by atoms with van der Waals surface area (Å²) in [6.07, 6.45) is 1.09. The molecule has 5 heterocycles. The zero-order chi connectivity index (χ0) is 53.9. The molecule has 0 spiro atoms. The molecule has 0 unspecified atom stereocenters. The molecule has 8 rings (SSSR count). The molecule has 0 radical (unpaired) electrons. The maximum atomic E-state index is 14.2. The highest BCUT2D eigenvalue weighted by Crippen LogP contribution is 2.29. The maximum Gasteiger partial charge on any atom is 0.297 e. The Morgan fingerprint density at radius 2 is 1.45 bits per heavy atom. The van der Waals surface area contributed by atoms with Gasteiger partial charge in [-0.15, -0.1) is 4.73 Å². The minimum absolute atomic E-state index is 0.000961.